The molecular weight excluding hydrogens is 436 g/mol. The summed E-state index contributed by atoms with van der Waals surface area (Å²) in [7, 11) is 0. The second kappa shape index (κ2) is 8.13. The molecule has 5 aromatic carbocycles. The van der Waals surface area contributed by atoms with Gasteiger partial charge in [-0.15, -0.1) is 0 Å². The summed E-state index contributed by atoms with van der Waals surface area (Å²) in [6.45, 7) is 0. The topological polar surface area (TPSA) is 17.1 Å². The number of rotatable bonds is 3. The molecule has 0 radical (unpaired) electrons. The summed E-state index contributed by atoms with van der Waals surface area (Å²) in [4.78, 5) is 13.7. The van der Waals surface area contributed by atoms with Crippen LogP contribution in [0.1, 0.15) is 38.2 Å². The summed E-state index contributed by atoms with van der Waals surface area (Å²) < 4.78 is 0. The standard InChI is InChI=1S/C32H21ClO/c33-26-15-9-10-22(20-26)23-18-19-28-30(21-23)32(24-11-3-1-4-12-24,25-13-5-2-6-14-25)29-17-8-7-16-27(29)31(28)34/h1-21H. The lowest BCUT2D eigenvalue weighted by Gasteiger charge is -2.42. The van der Waals surface area contributed by atoms with Crippen LogP contribution in [0.25, 0.3) is 11.1 Å². The Bertz CT molecular complexity index is 1480. The molecule has 1 nitrogen and oxygen atoms in total. The molecule has 0 N–H and O–H groups in total. The molecule has 0 unspecified atom stereocenters. The van der Waals surface area contributed by atoms with Gasteiger partial charge in [0.1, 0.15) is 0 Å². The molecule has 1 aliphatic rings. The smallest absolute Gasteiger partial charge is 0.193 e. The Morgan fingerprint density at radius 2 is 1.09 bits per heavy atom. The summed E-state index contributed by atoms with van der Waals surface area (Å²) in [5.74, 6) is 0.0609. The van der Waals surface area contributed by atoms with Gasteiger partial charge in [0.25, 0.3) is 0 Å². The molecule has 0 atom stereocenters. The number of benzene rings is 5. The van der Waals surface area contributed by atoms with Crippen LogP contribution in [0.3, 0.4) is 0 Å². The van der Waals surface area contributed by atoms with Gasteiger partial charge in [-0.3, -0.25) is 4.79 Å². The lowest BCUT2D eigenvalue weighted by molar-refractivity contribution is 0.103. The first-order chi connectivity index (χ1) is 16.7. The summed E-state index contributed by atoms with van der Waals surface area (Å²) >= 11 is 6.32. The first-order valence-corrected chi connectivity index (χ1v) is 11.7. The first-order valence-electron chi connectivity index (χ1n) is 11.4. The molecule has 34 heavy (non-hydrogen) atoms. The van der Waals surface area contributed by atoms with E-state index >= 15 is 0 Å². The monoisotopic (exact) mass is 456 g/mol. The van der Waals surface area contributed by atoms with E-state index in [4.69, 9.17) is 11.6 Å². The third-order valence-corrected chi connectivity index (χ3v) is 7.05. The Kier molecular flexibility index (Phi) is 4.94. The van der Waals surface area contributed by atoms with Crippen LogP contribution in [0.15, 0.2) is 127 Å². The van der Waals surface area contributed by atoms with Crippen LogP contribution in [0, 0.1) is 0 Å². The van der Waals surface area contributed by atoms with Crippen LogP contribution >= 0.6 is 11.6 Å². The number of fused-ring (bicyclic) bond motifs is 2. The van der Waals surface area contributed by atoms with Crippen molar-refractivity contribution >= 4 is 17.4 Å². The first kappa shape index (κ1) is 20.7. The highest BCUT2D eigenvalue weighted by atomic mass is 35.5. The zero-order valence-electron chi connectivity index (χ0n) is 18.4. The summed E-state index contributed by atoms with van der Waals surface area (Å²) in [5.41, 5.74) is 7.17. The summed E-state index contributed by atoms with van der Waals surface area (Å²) in [6.07, 6.45) is 0. The van der Waals surface area contributed by atoms with Crippen molar-refractivity contribution in [2.75, 3.05) is 0 Å². The summed E-state index contributed by atoms with van der Waals surface area (Å²) in [5, 5.41) is 0.689. The fourth-order valence-electron chi connectivity index (χ4n) is 5.36. The maximum absolute atomic E-state index is 13.7. The van der Waals surface area contributed by atoms with Crippen molar-refractivity contribution in [1.82, 2.24) is 0 Å². The zero-order valence-corrected chi connectivity index (χ0v) is 19.2. The molecular formula is C32H21ClO. The van der Waals surface area contributed by atoms with Gasteiger partial charge >= 0.3 is 0 Å². The predicted molar refractivity (Wildman–Crippen MR) is 139 cm³/mol. The van der Waals surface area contributed by atoms with E-state index in [1.54, 1.807) is 0 Å². The zero-order chi connectivity index (χ0) is 23.1. The Morgan fingerprint density at radius 1 is 0.500 bits per heavy atom. The molecule has 0 aliphatic heterocycles. The minimum Gasteiger partial charge on any atom is -0.289 e. The maximum Gasteiger partial charge on any atom is 0.193 e. The van der Waals surface area contributed by atoms with Gasteiger partial charge in [-0.1, -0.05) is 121 Å². The molecule has 0 saturated heterocycles. The molecule has 0 aromatic heterocycles. The SMILES string of the molecule is O=C1c2ccccc2C(c2ccccc2)(c2ccccc2)c2cc(-c3cccc(Cl)c3)ccc21. The lowest BCUT2D eigenvalue weighted by atomic mass is 9.59. The molecule has 2 heteroatoms. The van der Waals surface area contributed by atoms with Gasteiger partial charge in [-0.05, 0) is 51.6 Å². The molecule has 0 amide bonds. The van der Waals surface area contributed by atoms with Gasteiger partial charge in [0.2, 0.25) is 0 Å². The van der Waals surface area contributed by atoms with Gasteiger partial charge in [-0.25, -0.2) is 0 Å². The van der Waals surface area contributed by atoms with E-state index in [0.29, 0.717) is 5.02 Å². The second-order valence-electron chi connectivity index (χ2n) is 8.63. The number of ketones is 1. The molecule has 0 bridgehead atoms. The van der Waals surface area contributed by atoms with Crippen LogP contribution in [0.2, 0.25) is 5.02 Å². The molecule has 5 aromatic rings. The maximum atomic E-state index is 13.7. The van der Waals surface area contributed by atoms with Crippen LogP contribution in [0.4, 0.5) is 0 Å². The molecule has 162 valence electrons. The average molecular weight is 457 g/mol. The van der Waals surface area contributed by atoms with Crippen molar-refractivity contribution in [3.05, 3.63) is 166 Å². The van der Waals surface area contributed by atoms with E-state index in [1.807, 2.05) is 60.7 Å². The Morgan fingerprint density at radius 3 is 1.76 bits per heavy atom. The van der Waals surface area contributed by atoms with Crippen molar-refractivity contribution in [3.8, 4) is 11.1 Å². The molecule has 1 aliphatic carbocycles. The van der Waals surface area contributed by atoms with Crippen LogP contribution in [0.5, 0.6) is 0 Å². The number of hydrogen-bond donors (Lipinski definition) is 0. The lowest BCUT2D eigenvalue weighted by Crippen LogP contribution is -2.38. The van der Waals surface area contributed by atoms with Gasteiger partial charge in [0.05, 0.1) is 5.41 Å². The fourth-order valence-corrected chi connectivity index (χ4v) is 5.55. The highest BCUT2D eigenvalue weighted by molar-refractivity contribution is 6.30. The van der Waals surface area contributed by atoms with Crippen molar-refractivity contribution in [2.45, 2.75) is 5.41 Å². The second-order valence-corrected chi connectivity index (χ2v) is 9.06. The number of hydrogen-bond acceptors (Lipinski definition) is 1. The highest BCUT2D eigenvalue weighted by Crippen LogP contribution is 2.51. The van der Waals surface area contributed by atoms with Crippen LogP contribution in [-0.2, 0) is 5.41 Å². The van der Waals surface area contributed by atoms with Crippen LogP contribution < -0.4 is 0 Å². The molecule has 0 fully saturated rings. The number of halogens is 1. The number of carbonyl (C=O) groups excluding carboxylic acids is 1. The minimum atomic E-state index is -0.628. The Labute approximate surface area is 204 Å². The van der Waals surface area contributed by atoms with E-state index < -0.39 is 5.41 Å². The van der Waals surface area contributed by atoms with Gasteiger partial charge in [0, 0.05) is 16.1 Å². The van der Waals surface area contributed by atoms with Gasteiger partial charge in [-0.2, -0.15) is 0 Å². The van der Waals surface area contributed by atoms with E-state index in [-0.39, 0.29) is 5.78 Å². The normalized spacial score (nSPS) is 13.7. The molecule has 6 rings (SSSR count). The quantitative estimate of drug-likeness (QED) is 0.264. The van der Waals surface area contributed by atoms with Crippen LogP contribution in [-0.4, -0.2) is 5.78 Å². The average Bonchev–Trinajstić information content (AvgIpc) is 2.90. The van der Waals surface area contributed by atoms with Gasteiger partial charge < -0.3 is 0 Å². The third kappa shape index (κ3) is 3.05. The Hall–Kier alpha value is -3.94. The third-order valence-electron chi connectivity index (χ3n) is 6.82. The van der Waals surface area contributed by atoms with E-state index in [1.165, 1.54) is 0 Å². The molecule has 0 saturated carbocycles. The predicted octanol–water partition coefficient (Wildman–Crippen LogP) is 7.93. The van der Waals surface area contributed by atoms with E-state index in [0.717, 1.165) is 44.5 Å². The molecule has 0 spiro atoms. The Balaban J connectivity index is 1.76. The summed E-state index contributed by atoms with van der Waals surface area (Å²) in [6, 6.07) is 43.0. The van der Waals surface area contributed by atoms with Crippen molar-refractivity contribution in [3.63, 3.8) is 0 Å². The van der Waals surface area contributed by atoms with E-state index in [9.17, 15) is 4.79 Å². The van der Waals surface area contributed by atoms with Crippen molar-refractivity contribution in [2.24, 2.45) is 0 Å². The highest BCUT2D eigenvalue weighted by Gasteiger charge is 2.46. The molecule has 0 heterocycles. The van der Waals surface area contributed by atoms with E-state index in [2.05, 4.69) is 66.7 Å². The van der Waals surface area contributed by atoms with Crippen molar-refractivity contribution < 1.29 is 4.79 Å². The van der Waals surface area contributed by atoms with Crippen molar-refractivity contribution in [1.29, 1.82) is 0 Å². The van der Waals surface area contributed by atoms with Gasteiger partial charge in [0.15, 0.2) is 5.78 Å². The minimum absolute atomic E-state index is 0.0609. The fraction of sp³-hybridized carbons (Fsp3) is 0.0312. The largest absolute Gasteiger partial charge is 0.289 e. The number of carbonyl (C=O) groups is 1.